The van der Waals surface area contributed by atoms with Crippen molar-refractivity contribution >= 4 is 26.2 Å². The van der Waals surface area contributed by atoms with Crippen molar-refractivity contribution < 1.29 is 37.1 Å². The Morgan fingerprint density at radius 1 is 1.03 bits per heavy atom. The maximum atomic E-state index is 14.0. The van der Waals surface area contributed by atoms with E-state index < -0.39 is 61.6 Å². The van der Waals surface area contributed by atoms with Crippen LogP contribution in [0.3, 0.4) is 0 Å². The van der Waals surface area contributed by atoms with E-state index in [0.717, 1.165) is 23.8 Å². The summed E-state index contributed by atoms with van der Waals surface area (Å²) in [4.78, 5) is 38.3. The summed E-state index contributed by atoms with van der Waals surface area (Å²) in [5.41, 5.74) is -0.782. The number of rotatable bonds is 10. The van der Waals surface area contributed by atoms with Crippen molar-refractivity contribution in [2.45, 2.75) is 70.0 Å². The molecule has 1 fully saturated rings. The van der Waals surface area contributed by atoms with Crippen molar-refractivity contribution in [3.05, 3.63) is 71.3 Å². The molecule has 0 heterocycles. The molecule has 0 aliphatic heterocycles. The summed E-state index contributed by atoms with van der Waals surface area (Å²) >= 11 is 0. The number of alkyl carbamates (subject to hydrolysis) is 1. The molecule has 0 bridgehead atoms. The Bertz CT molecular complexity index is 1150. The molecule has 1 N–H and O–H groups in total. The molecule has 2 aromatic carbocycles. The first kappa shape index (κ1) is 28.5. The number of halogens is 2. The smallest absolute Gasteiger partial charge is 0.408 e. The molecule has 1 atom stereocenters. The van der Waals surface area contributed by atoms with Gasteiger partial charge in [-0.2, -0.15) is 0 Å². The van der Waals surface area contributed by atoms with Gasteiger partial charge >= 0.3 is 12.1 Å². The number of ketones is 1. The first-order chi connectivity index (χ1) is 17.2. The molecule has 0 saturated heterocycles. The van der Waals surface area contributed by atoms with E-state index in [1.807, 2.05) is 31.3 Å². The van der Waals surface area contributed by atoms with Gasteiger partial charge in [0.05, 0.1) is 11.2 Å². The zero-order valence-corrected chi connectivity index (χ0v) is 22.7. The number of amides is 1. The molecular weight excluding hydrogens is 500 g/mol. The lowest BCUT2D eigenvalue weighted by molar-refractivity contribution is -0.148. The third-order valence-corrected chi connectivity index (χ3v) is 11.3. The lowest BCUT2D eigenvalue weighted by atomic mass is 10.1. The molecule has 0 spiro atoms. The van der Waals surface area contributed by atoms with E-state index in [-0.39, 0.29) is 11.6 Å². The van der Waals surface area contributed by atoms with Crippen molar-refractivity contribution in [3.63, 3.8) is 0 Å². The van der Waals surface area contributed by atoms with Gasteiger partial charge in [-0.15, -0.1) is 0 Å². The van der Waals surface area contributed by atoms with Gasteiger partial charge in [0.25, 0.3) is 0 Å². The fourth-order valence-corrected chi connectivity index (χ4v) is 5.18. The molecule has 0 radical (unpaired) electrons. The highest BCUT2D eigenvalue weighted by atomic mass is 28.4. The molecule has 3 rings (SSSR count). The second-order valence-electron chi connectivity index (χ2n) is 10.7. The number of benzene rings is 2. The maximum Gasteiger partial charge on any atom is 0.408 e. The highest BCUT2D eigenvalue weighted by molar-refractivity contribution is 6.74. The molecule has 1 aliphatic rings. The van der Waals surface area contributed by atoms with Gasteiger partial charge in [-0.25, -0.2) is 18.4 Å². The highest BCUT2D eigenvalue weighted by Crippen LogP contribution is 2.50. The minimum atomic E-state index is -2.38. The zero-order chi connectivity index (χ0) is 27.4. The van der Waals surface area contributed by atoms with E-state index in [9.17, 15) is 23.2 Å². The quantitative estimate of drug-likeness (QED) is 0.245. The SMILES string of the molecule is CC(C)(C)[Si](C)(C)OC1([C@@H](NC(=O)OCc2ccccc2)C(=O)OCC(=O)c2cc(F)ccc2F)CC1. The van der Waals surface area contributed by atoms with Crippen LogP contribution in [0.2, 0.25) is 18.1 Å². The van der Waals surface area contributed by atoms with Crippen LogP contribution in [0.4, 0.5) is 13.6 Å². The summed E-state index contributed by atoms with van der Waals surface area (Å²) in [6, 6.07) is 10.2. The second kappa shape index (κ2) is 11.1. The number of esters is 1. The fraction of sp³-hybridized carbons (Fsp3) is 0.444. The number of nitrogens with one attached hydrogen (secondary N) is 1. The minimum Gasteiger partial charge on any atom is -0.456 e. The fourth-order valence-electron chi connectivity index (χ4n) is 3.53. The normalized spacial score (nSPS) is 15.4. The number of hydrogen-bond acceptors (Lipinski definition) is 6. The lowest BCUT2D eigenvalue weighted by Gasteiger charge is -2.41. The lowest BCUT2D eigenvalue weighted by Crippen LogP contribution is -2.57. The zero-order valence-electron chi connectivity index (χ0n) is 21.7. The maximum absolute atomic E-state index is 14.0. The molecule has 7 nitrogen and oxygen atoms in total. The molecular formula is C27H33F2NO6Si. The van der Waals surface area contributed by atoms with E-state index >= 15 is 0 Å². The van der Waals surface area contributed by atoms with Crippen molar-refractivity contribution in [1.82, 2.24) is 5.32 Å². The van der Waals surface area contributed by atoms with Gasteiger partial charge in [-0.05, 0) is 54.7 Å². The van der Waals surface area contributed by atoms with Crippen LogP contribution in [0.5, 0.6) is 0 Å². The average molecular weight is 534 g/mol. The molecule has 0 unspecified atom stereocenters. The summed E-state index contributed by atoms with van der Waals surface area (Å²) in [7, 11) is -2.38. The molecule has 200 valence electrons. The van der Waals surface area contributed by atoms with Crippen molar-refractivity contribution in [2.75, 3.05) is 6.61 Å². The molecule has 0 aromatic heterocycles. The monoisotopic (exact) mass is 533 g/mol. The number of carbonyl (C=O) groups is 3. The predicted molar refractivity (Wildman–Crippen MR) is 135 cm³/mol. The van der Waals surface area contributed by atoms with Gasteiger partial charge in [0.2, 0.25) is 5.78 Å². The summed E-state index contributed by atoms with van der Waals surface area (Å²) in [5, 5.41) is 2.39. The summed E-state index contributed by atoms with van der Waals surface area (Å²) in [6.07, 6.45) is 0.133. The summed E-state index contributed by atoms with van der Waals surface area (Å²) in [6.45, 7) is 9.37. The molecule has 1 aliphatic carbocycles. The Morgan fingerprint density at radius 3 is 2.27 bits per heavy atom. The number of ether oxygens (including phenoxy) is 2. The number of carbonyl (C=O) groups excluding carboxylic acids is 3. The third-order valence-electron chi connectivity index (χ3n) is 6.82. The van der Waals surface area contributed by atoms with E-state index in [4.69, 9.17) is 13.9 Å². The van der Waals surface area contributed by atoms with Gasteiger partial charge in [0.1, 0.15) is 18.2 Å². The van der Waals surface area contributed by atoms with Gasteiger partial charge in [-0.3, -0.25) is 4.79 Å². The Morgan fingerprint density at radius 2 is 1.68 bits per heavy atom. The van der Waals surface area contributed by atoms with Crippen LogP contribution in [-0.4, -0.2) is 44.4 Å². The van der Waals surface area contributed by atoms with Crippen molar-refractivity contribution in [3.8, 4) is 0 Å². The van der Waals surface area contributed by atoms with E-state index in [1.165, 1.54) is 0 Å². The van der Waals surface area contributed by atoms with Crippen LogP contribution in [0.1, 0.15) is 49.5 Å². The van der Waals surface area contributed by atoms with Crippen molar-refractivity contribution in [1.29, 1.82) is 0 Å². The van der Waals surface area contributed by atoms with Crippen LogP contribution in [0.25, 0.3) is 0 Å². The van der Waals surface area contributed by atoms with E-state index in [1.54, 1.807) is 12.1 Å². The van der Waals surface area contributed by atoms with Gasteiger partial charge in [0, 0.05) is 0 Å². The van der Waals surface area contributed by atoms with E-state index in [0.29, 0.717) is 12.8 Å². The van der Waals surface area contributed by atoms with Crippen LogP contribution >= 0.6 is 0 Å². The molecule has 2 aromatic rings. The molecule has 1 saturated carbocycles. The molecule has 10 heteroatoms. The first-order valence-corrected chi connectivity index (χ1v) is 15.0. The van der Waals surface area contributed by atoms with Gasteiger partial charge < -0.3 is 19.2 Å². The Labute approximate surface area is 216 Å². The first-order valence-electron chi connectivity index (χ1n) is 12.1. The van der Waals surface area contributed by atoms with Crippen LogP contribution in [0.15, 0.2) is 48.5 Å². The predicted octanol–water partition coefficient (Wildman–Crippen LogP) is 5.54. The Hall–Kier alpha value is -3.11. The average Bonchev–Trinajstić information content (AvgIpc) is 3.60. The van der Waals surface area contributed by atoms with Crippen LogP contribution in [-0.2, 0) is 25.3 Å². The standard InChI is InChI=1S/C27H33F2NO6Si/c1-26(2,3)37(4,5)36-27(13-14-27)23(30-25(33)35-16-18-9-7-6-8-10-18)24(32)34-17-22(31)20-15-19(28)11-12-21(20)29/h6-12,15,23H,13-14,16-17H2,1-5H3,(H,30,33)/t23-/m0/s1. The van der Waals surface area contributed by atoms with Gasteiger partial charge in [-0.1, -0.05) is 51.1 Å². The highest BCUT2D eigenvalue weighted by Gasteiger charge is 2.59. The van der Waals surface area contributed by atoms with Gasteiger partial charge in [0.15, 0.2) is 21.0 Å². The molecule has 37 heavy (non-hydrogen) atoms. The number of hydrogen-bond donors (Lipinski definition) is 1. The topological polar surface area (TPSA) is 90.9 Å². The largest absolute Gasteiger partial charge is 0.456 e. The second-order valence-corrected chi connectivity index (χ2v) is 15.4. The number of Topliss-reactive ketones (excluding diaryl/α,β-unsaturated/α-hetero) is 1. The summed E-state index contributed by atoms with van der Waals surface area (Å²) in [5.74, 6) is -3.55. The van der Waals surface area contributed by atoms with E-state index in [2.05, 4.69) is 26.1 Å². The third kappa shape index (κ3) is 7.23. The summed E-state index contributed by atoms with van der Waals surface area (Å²) < 4.78 is 44.5. The molecule has 1 amide bonds. The Kier molecular flexibility index (Phi) is 8.54. The van der Waals surface area contributed by atoms with Crippen LogP contribution in [0, 0.1) is 11.6 Å². The minimum absolute atomic E-state index is 0.0120. The Balaban J connectivity index is 1.75. The van der Waals surface area contributed by atoms with Crippen molar-refractivity contribution in [2.24, 2.45) is 0 Å². The van der Waals surface area contributed by atoms with Crippen LogP contribution < -0.4 is 5.32 Å².